The molecule has 0 radical (unpaired) electrons. The molecule has 0 spiro atoms. The first-order chi connectivity index (χ1) is 18.1. The van der Waals surface area contributed by atoms with Gasteiger partial charge in [-0.3, -0.25) is 0 Å². The predicted molar refractivity (Wildman–Crippen MR) is 139 cm³/mol. The maximum atomic E-state index is 9.30. The molecular formula is C28H26N4O5. The van der Waals surface area contributed by atoms with Crippen molar-refractivity contribution in [3.8, 4) is 23.0 Å². The number of ether oxygens (including phenoxy) is 3. The third kappa shape index (κ3) is 8.75. The van der Waals surface area contributed by atoms with Gasteiger partial charge in [-0.2, -0.15) is 20.5 Å². The molecule has 2 N–H and O–H groups in total. The largest absolute Gasteiger partial charge is 0.508 e. The molecule has 9 nitrogen and oxygen atoms in total. The monoisotopic (exact) mass is 498 g/mol. The summed E-state index contributed by atoms with van der Waals surface area (Å²) in [4.78, 5) is 0. The van der Waals surface area contributed by atoms with Gasteiger partial charge in [0.2, 0.25) is 0 Å². The van der Waals surface area contributed by atoms with Gasteiger partial charge in [-0.1, -0.05) is 0 Å². The SMILES string of the molecule is Oc1ccc(N=Nc2ccc(OCCOCCOc3ccc(N=Nc4ccc(O)cc4)cc3)cc2)cc1. The van der Waals surface area contributed by atoms with Crippen LogP contribution in [-0.4, -0.2) is 36.6 Å². The highest BCUT2D eigenvalue weighted by Gasteiger charge is 1.99. The molecule has 0 aliphatic rings. The molecule has 0 aromatic heterocycles. The molecule has 0 fully saturated rings. The molecular weight excluding hydrogens is 472 g/mol. The maximum absolute atomic E-state index is 9.30. The first-order valence-electron chi connectivity index (χ1n) is 11.6. The van der Waals surface area contributed by atoms with Crippen LogP contribution in [0.1, 0.15) is 0 Å². The summed E-state index contributed by atoms with van der Waals surface area (Å²) in [6.07, 6.45) is 0. The van der Waals surface area contributed by atoms with E-state index >= 15 is 0 Å². The van der Waals surface area contributed by atoms with Gasteiger partial charge >= 0.3 is 0 Å². The van der Waals surface area contributed by atoms with Crippen molar-refractivity contribution in [1.82, 2.24) is 0 Å². The minimum absolute atomic E-state index is 0.190. The molecule has 0 aliphatic carbocycles. The minimum atomic E-state index is 0.190. The molecule has 9 heteroatoms. The van der Waals surface area contributed by atoms with Crippen molar-refractivity contribution < 1.29 is 24.4 Å². The normalized spacial score (nSPS) is 11.2. The molecule has 0 unspecified atom stereocenters. The van der Waals surface area contributed by atoms with Crippen LogP contribution in [0.25, 0.3) is 0 Å². The molecule has 0 saturated heterocycles. The molecule has 0 amide bonds. The van der Waals surface area contributed by atoms with Crippen LogP contribution in [-0.2, 0) is 4.74 Å². The predicted octanol–water partition coefficient (Wildman–Crippen LogP) is 7.40. The van der Waals surface area contributed by atoms with Crippen LogP contribution in [0, 0.1) is 0 Å². The summed E-state index contributed by atoms with van der Waals surface area (Å²) in [5.41, 5.74) is 2.71. The van der Waals surface area contributed by atoms with Crippen molar-refractivity contribution >= 4 is 22.7 Å². The molecule has 0 aliphatic heterocycles. The van der Waals surface area contributed by atoms with Gasteiger partial charge in [0.05, 0.1) is 36.0 Å². The molecule has 4 rings (SSSR count). The van der Waals surface area contributed by atoms with E-state index in [1.807, 2.05) is 48.5 Å². The second-order valence-electron chi connectivity index (χ2n) is 7.73. The van der Waals surface area contributed by atoms with Crippen molar-refractivity contribution in [1.29, 1.82) is 0 Å². The van der Waals surface area contributed by atoms with Gasteiger partial charge < -0.3 is 24.4 Å². The first-order valence-corrected chi connectivity index (χ1v) is 11.6. The Morgan fingerprint density at radius 1 is 0.405 bits per heavy atom. The van der Waals surface area contributed by atoms with Crippen LogP contribution in [0.2, 0.25) is 0 Å². The van der Waals surface area contributed by atoms with Crippen molar-refractivity contribution in [2.75, 3.05) is 26.4 Å². The Morgan fingerprint density at radius 3 is 1.03 bits per heavy atom. The van der Waals surface area contributed by atoms with E-state index in [2.05, 4.69) is 20.5 Å². The molecule has 0 heterocycles. The fraction of sp³-hybridized carbons (Fsp3) is 0.143. The summed E-state index contributed by atoms with van der Waals surface area (Å²) < 4.78 is 16.9. The van der Waals surface area contributed by atoms with Gasteiger partial charge in [0.1, 0.15) is 36.2 Å². The Bertz CT molecular complexity index is 1190. The van der Waals surface area contributed by atoms with Crippen molar-refractivity contribution in [3.05, 3.63) is 97.1 Å². The third-order valence-corrected chi connectivity index (χ3v) is 4.93. The number of azo groups is 2. The van der Waals surface area contributed by atoms with Gasteiger partial charge in [-0.25, -0.2) is 0 Å². The number of nitrogens with zero attached hydrogens (tertiary/aromatic N) is 4. The topological polar surface area (TPSA) is 118 Å². The van der Waals surface area contributed by atoms with Gasteiger partial charge in [0.25, 0.3) is 0 Å². The lowest BCUT2D eigenvalue weighted by atomic mass is 10.3. The van der Waals surface area contributed by atoms with Gasteiger partial charge in [0, 0.05) is 0 Å². The number of rotatable bonds is 12. The summed E-state index contributed by atoms with van der Waals surface area (Å²) in [7, 11) is 0. The van der Waals surface area contributed by atoms with Crippen LogP contribution < -0.4 is 9.47 Å². The number of benzene rings is 4. The fourth-order valence-electron chi connectivity index (χ4n) is 3.03. The molecule has 0 saturated carbocycles. The summed E-state index contributed by atoms with van der Waals surface area (Å²) in [6.45, 7) is 1.69. The second-order valence-corrected chi connectivity index (χ2v) is 7.73. The van der Waals surface area contributed by atoms with E-state index in [1.54, 1.807) is 48.5 Å². The van der Waals surface area contributed by atoms with Gasteiger partial charge in [-0.05, 0) is 97.1 Å². The highest BCUT2D eigenvalue weighted by Crippen LogP contribution is 2.24. The average molecular weight is 499 g/mol. The number of hydrogen-bond donors (Lipinski definition) is 2. The lowest BCUT2D eigenvalue weighted by Crippen LogP contribution is -2.12. The Hall–Kier alpha value is -4.76. The highest BCUT2D eigenvalue weighted by molar-refractivity contribution is 5.45. The zero-order chi connectivity index (χ0) is 25.7. The maximum Gasteiger partial charge on any atom is 0.119 e. The third-order valence-electron chi connectivity index (χ3n) is 4.93. The Balaban J connectivity index is 1.09. The standard InChI is InChI=1S/C28H26N4O5/c33-25-9-1-21(2-10-25)29-31-23-5-13-27(14-6-23)36-19-17-35-18-20-37-28-15-7-24(8-16-28)32-30-22-3-11-26(34)12-4-22/h1-16,33-34H,17-20H2. The highest BCUT2D eigenvalue weighted by atomic mass is 16.5. The zero-order valence-electron chi connectivity index (χ0n) is 20.0. The molecule has 37 heavy (non-hydrogen) atoms. The van der Waals surface area contributed by atoms with E-state index in [-0.39, 0.29) is 11.5 Å². The quantitative estimate of drug-likeness (QED) is 0.156. The van der Waals surface area contributed by atoms with Crippen LogP contribution in [0.4, 0.5) is 22.7 Å². The second kappa shape index (κ2) is 13.4. The first kappa shape index (κ1) is 25.3. The Labute approximate surface area is 214 Å². The summed E-state index contributed by atoms with van der Waals surface area (Å²) in [5, 5.41) is 35.2. The van der Waals surface area contributed by atoms with Crippen molar-refractivity contribution in [2.45, 2.75) is 0 Å². The van der Waals surface area contributed by atoms with Crippen LogP contribution in [0.15, 0.2) is 118 Å². The van der Waals surface area contributed by atoms with E-state index in [0.717, 1.165) is 0 Å². The fourth-order valence-corrected chi connectivity index (χ4v) is 3.03. The number of phenols is 2. The zero-order valence-corrected chi connectivity index (χ0v) is 20.0. The Morgan fingerprint density at radius 2 is 0.703 bits per heavy atom. The Kier molecular flexibility index (Phi) is 9.15. The van der Waals surface area contributed by atoms with Crippen molar-refractivity contribution in [2.24, 2.45) is 20.5 Å². The molecule has 0 atom stereocenters. The molecule has 4 aromatic carbocycles. The van der Waals surface area contributed by atoms with E-state index in [1.165, 1.54) is 0 Å². The van der Waals surface area contributed by atoms with E-state index < -0.39 is 0 Å². The van der Waals surface area contributed by atoms with Crippen LogP contribution in [0.5, 0.6) is 23.0 Å². The van der Waals surface area contributed by atoms with E-state index in [0.29, 0.717) is 60.7 Å². The molecule has 0 bridgehead atoms. The molecule has 4 aromatic rings. The van der Waals surface area contributed by atoms with E-state index in [4.69, 9.17) is 14.2 Å². The summed E-state index contributed by atoms with van der Waals surface area (Å²) in [6, 6.07) is 27.5. The minimum Gasteiger partial charge on any atom is -0.508 e. The lowest BCUT2D eigenvalue weighted by Gasteiger charge is -2.09. The van der Waals surface area contributed by atoms with Gasteiger partial charge in [0.15, 0.2) is 0 Å². The summed E-state index contributed by atoms with van der Waals surface area (Å²) >= 11 is 0. The molecule has 188 valence electrons. The number of aromatic hydroxyl groups is 2. The van der Waals surface area contributed by atoms with Crippen molar-refractivity contribution in [3.63, 3.8) is 0 Å². The van der Waals surface area contributed by atoms with Crippen LogP contribution in [0.3, 0.4) is 0 Å². The smallest absolute Gasteiger partial charge is 0.119 e. The van der Waals surface area contributed by atoms with E-state index in [9.17, 15) is 10.2 Å². The number of hydrogen-bond acceptors (Lipinski definition) is 9. The van der Waals surface area contributed by atoms with Crippen LogP contribution >= 0.6 is 0 Å². The average Bonchev–Trinajstić information content (AvgIpc) is 2.93. The summed E-state index contributed by atoms with van der Waals surface area (Å²) in [5.74, 6) is 1.81. The van der Waals surface area contributed by atoms with Gasteiger partial charge in [-0.15, -0.1) is 0 Å². The number of phenolic OH excluding ortho intramolecular Hbond substituents is 2. The lowest BCUT2D eigenvalue weighted by molar-refractivity contribution is 0.0764.